The first-order valence-corrected chi connectivity index (χ1v) is 7.60. The summed E-state index contributed by atoms with van der Waals surface area (Å²) in [5.41, 5.74) is 0. The monoisotopic (exact) mass is 287 g/mol. The van der Waals surface area contributed by atoms with Gasteiger partial charge in [-0.1, -0.05) is 41.6 Å². The summed E-state index contributed by atoms with van der Waals surface area (Å²) >= 11 is 3.68. The molecule has 2 aliphatic carbocycles. The van der Waals surface area contributed by atoms with E-state index in [1.165, 1.54) is 44.9 Å². The number of carbonyl (C=O) groups is 1. The maximum atomic E-state index is 11.9. The molecule has 2 fully saturated rings. The molecule has 16 heavy (non-hydrogen) atoms. The van der Waals surface area contributed by atoms with Crippen LogP contribution in [-0.4, -0.2) is 16.8 Å². The summed E-state index contributed by atoms with van der Waals surface area (Å²) in [6.07, 6.45) is 10.8. The van der Waals surface area contributed by atoms with E-state index in [2.05, 4.69) is 21.2 Å². The van der Waals surface area contributed by atoms with Crippen LogP contribution in [0.4, 0.5) is 0 Å². The average Bonchev–Trinajstić information content (AvgIpc) is 2.74. The second-order valence-corrected chi connectivity index (χ2v) is 6.51. The summed E-state index contributed by atoms with van der Waals surface area (Å²) in [6.45, 7) is 0. The highest BCUT2D eigenvalue weighted by atomic mass is 79.9. The summed E-state index contributed by atoms with van der Waals surface area (Å²) in [5.74, 6) is 0.945. The molecule has 92 valence electrons. The Morgan fingerprint density at radius 1 is 1.06 bits per heavy atom. The van der Waals surface area contributed by atoms with Crippen molar-refractivity contribution in [2.75, 3.05) is 0 Å². The lowest BCUT2D eigenvalue weighted by Gasteiger charge is -2.28. The summed E-state index contributed by atoms with van der Waals surface area (Å²) in [7, 11) is 0. The fourth-order valence-corrected chi connectivity index (χ4v) is 3.71. The Bertz CT molecular complexity index is 238. The molecule has 2 saturated carbocycles. The van der Waals surface area contributed by atoms with E-state index < -0.39 is 0 Å². The maximum Gasteiger partial charge on any atom is 0.220 e. The molecule has 3 heteroatoms. The van der Waals surface area contributed by atoms with Crippen molar-refractivity contribution in [1.29, 1.82) is 0 Å². The molecule has 0 heterocycles. The maximum absolute atomic E-state index is 11.9. The van der Waals surface area contributed by atoms with Gasteiger partial charge in [-0.25, -0.2) is 0 Å². The number of nitrogens with one attached hydrogen (secondary N) is 1. The minimum Gasteiger partial charge on any atom is -0.352 e. The summed E-state index contributed by atoms with van der Waals surface area (Å²) < 4.78 is 0. The van der Waals surface area contributed by atoms with Gasteiger partial charge in [0.1, 0.15) is 0 Å². The molecule has 0 aromatic rings. The van der Waals surface area contributed by atoms with E-state index in [4.69, 9.17) is 0 Å². The largest absolute Gasteiger partial charge is 0.352 e. The predicted molar refractivity (Wildman–Crippen MR) is 69.7 cm³/mol. The first-order valence-electron chi connectivity index (χ1n) is 6.69. The Balaban J connectivity index is 1.72. The molecule has 1 amide bonds. The second-order valence-electron chi connectivity index (χ2n) is 5.33. The van der Waals surface area contributed by atoms with E-state index in [9.17, 15) is 4.79 Å². The van der Waals surface area contributed by atoms with Crippen LogP contribution in [0, 0.1) is 5.92 Å². The standard InChI is InChI=1S/C13H22BrNO/c14-11-7-3-4-8-12(11)15-13(16)9-10-5-1-2-6-10/h10-12H,1-9H2,(H,15,16). The van der Waals surface area contributed by atoms with Crippen LogP contribution in [0.1, 0.15) is 57.8 Å². The molecular weight excluding hydrogens is 266 g/mol. The molecule has 2 unspecified atom stereocenters. The van der Waals surface area contributed by atoms with Crippen molar-refractivity contribution in [2.24, 2.45) is 5.92 Å². The van der Waals surface area contributed by atoms with Crippen LogP contribution < -0.4 is 5.32 Å². The van der Waals surface area contributed by atoms with Gasteiger partial charge >= 0.3 is 0 Å². The van der Waals surface area contributed by atoms with Gasteiger partial charge in [0.05, 0.1) is 0 Å². The first kappa shape index (κ1) is 12.4. The number of amides is 1. The van der Waals surface area contributed by atoms with Crippen LogP contribution in [0.25, 0.3) is 0 Å². The topological polar surface area (TPSA) is 29.1 Å². The van der Waals surface area contributed by atoms with E-state index in [1.807, 2.05) is 0 Å². The van der Waals surface area contributed by atoms with Crippen molar-refractivity contribution in [3.63, 3.8) is 0 Å². The fourth-order valence-electron chi connectivity index (χ4n) is 2.99. The van der Waals surface area contributed by atoms with Crippen LogP contribution in [0.3, 0.4) is 0 Å². The fraction of sp³-hybridized carbons (Fsp3) is 0.923. The van der Waals surface area contributed by atoms with Crippen LogP contribution >= 0.6 is 15.9 Å². The molecule has 2 nitrogen and oxygen atoms in total. The van der Waals surface area contributed by atoms with Gasteiger partial charge in [-0.05, 0) is 31.6 Å². The van der Waals surface area contributed by atoms with Crippen molar-refractivity contribution < 1.29 is 4.79 Å². The molecule has 0 aromatic heterocycles. The zero-order valence-corrected chi connectivity index (χ0v) is 11.5. The van der Waals surface area contributed by atoms with Crippen molar-refractivity contribution >= 4 is 21.8 Å². The molecule has 0 spiro atoms. The number of hydrogen-bond acceptors (Lipinski definition) is 1. The predicted octanol–water partition coefficient (Wildman–Crippen LogP) is 3.39. The third-order valence-electron chi connectivity index (χ3n) is 3.98. The third-order valence-corrected chi connectivity index (χ3v) is 5.07. The van der Waals surface area contributed by atoms with Gasteiger partial charge in [0.2, 0.25) is 5.91 Å². The van der Waals surface area contributed by atoms with Crippen molar-refractivity contribution in [1.82, 2.24) is 5.32 Å². The molecule has 2 rings (SSSR count). The third kappa shape index (κ3) is 3.47. The SMILES string of the molecule is O=C(CC1CCCC1)NC1CCCCC1Br. The minimum absolute atomic E-state index is 0.281. The molecule has 1 N–H and O–H groups in total. The highest BCUT2D eigenvalue weighted by Crippen LogP contribution is 2.28. The Kier molecular flexibility index (Phi) is 4.68. The lowest BCUT2D eigenvalue weighted by molar-refractivity contribution is -0.122. The lowest BCUT2D eigenvalue weighted by Crippen LogP contribution is -2.43. The zero-order chi connectivity index (χ0) is 11.4. The van der Waals surface area contributed by atoms with Crippen LogP contribution in [-0.2, 0) is 4.79 Å². The molecule has 0 bridgehead atoms. The van der Waals surface area contributed by atoms with Crippen LogP contribution in [0.5, 0.6) is 0 Å². The normalized spacial score (nSPS) is 31.6. The zero-order valence-electron chi connectivity index (χ0n) is 9.88. The van der Waals surface area contributed by atoms with Gasteiger partial charge in [-0.2, -0.15) is 0 Å². The van der Waals surface area contributed by atoms with Gasteiger partial charge in [0, 0.05) is 17.3 Å². The molecule has 0 aliphatic heterocycles. The smallest absolute Gasteiger partial charge is 0.220 e. The summed E-state index contributed by atoms with van der Waals surface area (Å²) in [6, 6.07) is 0.377. The van der Waals surface area contributed by atoms with E-state index in [0.717, 1.165) is 12.8 Å². The quantitative estimate of drug-likeness (QED) is 0.792. The Hall–Kier alpha value is -0.0500. The minimum atomic E-state index is 0.281. The van der Waals surface area contributed by atoms with Crippen LogP contribution in [0.15, 0.2) is 0 Å². The van der Waals surface area contributed by atoms with Gasteiger partial charge in [-0.15, -0.1) is 0 Å². The number of carbonyl (C=O) groups excluding carboxylic acids is 1. The number of alkyl halides is 1. The Morgan fingerprint density at radius 3 is 2.38 bits per heavy atom. The molecule has 0 saturated heterocycles. The Labute approximate surface area is 107 Å². The molecule has 0 aromatic carbocycles. The van der Waals surface area contributed by atoms with Gasteiger partial charge in [0.25, 0.3) is 0 Å². The van der Waals surface area contributed by atoms with Gasteiger partial charge in [0.15, 0.2) is 0 Å². The van der Waals surface area contributed by atoms with E-state index in [-0.39, 0.29) is 5.91 Å². The van der Waals surface area contributed by atoms with Crippen molar-refractivity contribution in [2.45, 2.75) is 68.7 Å². The lowest BCUT2D eigenvalue weighted by atomic mass is 9.94. The Morgan fingerprint density at radius 2 is 1.69 bits per heavy atom. The van der Waals surface area contributed by atoms with Crippen molar-refractivity contribution in [3.8, 4) is 0 Å². The highest BCUT2D eigenvalue weighted by molar-refractivity contribution is 9.09. The second kappa shape index (κ2) is 6.04. The molecule has 2 aliphatic rings. The number of rotatable bonds is 3. The average molecular weight is 288 g/mol. The van der Waals surface area contributed by atoms with E-state index >= 15 is 0 Å². The van der Waals surface area contributed by atoms with Crippen LogP contribution in [0.2, 0.25) is 0 Å². The molecule has 0 radical (unpaired) electrons. The van der Waals surface area contributed by atoms with Gasteiger partial charge < -0.3 is 5.32 Å². The number of halogens is 1. The molecule has 2 atom stereocenters. The van der Waals surface area contributed by atoms with Gasteiger partial charge in [-0.3, -0.25) is 4.79 Å². The number of hydrogen-bond donors (Lipinski definition) is 1. The summed E-state index contributed by atoms with van der Waals surface area (Å²) in [4.78, 5) is 12.4. The highest BCUT2D eigenvalue weighted by Gasteiger charge is 2.25. The van der Waals surface area contributed by atoms with E-state index in [0.29, 0.717) is 16.8 Å². The first-order chi connectivity index (χ1) is 7.75. The summed E-state index contributed by atoms with van der Waals surface area (Å²) in [5, 5.41) is 3.21. The molecular formula is C13H22BrNO. The van der Waals surface area contributed by atoms with E-state index in [1.54, 1.807) is 0 Å². The van der Waals surface area contributed by atoms with Crippen molar-refractivity contribution in [3.05, 3.63) is 0 Å².